The molecule has 0 radical (unpaired) electrons. The highest BCUT2D eigenvalue weighted by atomic mass is 35.5. The maximum absolute atomic E-state index is 14.1. The van der Waals surface area contributed by atoms with Crippen molar-refractivity contribution >= 4 is 39.1 Å². The number of carbonyl (C=O) groups excluding carboxylic acids is 2. The average molecular weight is 610 g/mol. The number of halogens is 1. The summed E-state index contributed by atoms with van der Waals surface area (Å²) in [6, 6.07) is 20.5. The van der Waals surface area contributed by atoms with Crippen LogP contribution in [0.3, 0.4) is 0 Å². The van der Waals surface area contributed by atoms with Crippen molar-refractivity contribution in [2.24, 2.45) is 0 Å². The van der Waals surface area contributed by atoms with Gasteiger partial charge in [0.1, 0.15) is 12.6 Å². The maximum atomic E-state index is 14.1. The number of sulfonamides is 1. The van der Waals surface area contributed by atoms with Gasteiger partial charge < -0.3 is 10.2 Å². The first-order chi connectivity index (χ1) is 20.1. The number of carbonyl (C=O) groups is 2. The van der Waals surface area contributed by atoms with Gasteiger partial charge in [0.25, 0.3) is 10.0 Å². The van der Waals surface area contributed by atoms with E-state index >= 15 is 0 Å². The first-order valence-electron chi connectivity index (χ1n) is 14.6. The number of hydrogen-bond donors (Lipinski definition) is 1. The van der Waals surface area contributed by atoms with Crippen LogP contribution in [-0.2, 0) is 26.0 Å². The van der Waals surface area contributed by atoms with E-state index in [1.807, 2.05) is 37.3 Å². The molecule has 1 N–H and O–H groups in total. The van der Waals surface area contributed by atoms with E-state index in [-0.39, 0.29) is 23.4 Å². The van der Waals surface area contributed by atoms with E-state index in [9.17, 15) is 18.0 Å². The predicted molar refractivity (Wildman–Crippen MR) is 168 cm³/mol. The predicted octanol–water partition coefficient (Wildman–Crippen LogP) is 6.06. The molecule has 0 saturated heterocycles. The van der Waals surface area contributed by atoms with E-state index in [1.165, 1.54) is 17.0 Å². The molecular weight excluding hydrogens is 570 g/mol. The zero-order chi connectivity index (χ0) is 30.3. The molecule has 42 heavy (non-hydrogen) atoms. The van der Waals surface area contributed by atoms with Gasteiger partial charge in [0.2, 0.25) is 11.8 Å². The summed E-state index contributed by atoms with van der Waals surface area (Å²) in [5, 5.41) is 3.49. The van der Waals surface area contributed by atoms with Crippen molar-refractivity contribution in [1.82, 2.24) is 10.2 Å². The Labute approximate surface area is 254 Å². The Bertz CT molecular complexity index is 1470. The first-order valence-corrected chi connectivity index (χ1v) is 16.4. The third-order valence-electron chi connectivity index (χ3n) is 7.93. The monoisotopic (exact) mass is 609 g/mol. The van der Waals surface area contributed by atoms with E-state index in [0.717, 1.165) is 47.5 Å². The summed E-state index contributed by atoms with van der Waals surface area (Å²) in [6.45, 7) is 5.15. The standard InChI is InChI=1S/C33H40ClN3O4S/c1-24-14-18-30(19-15-24)42(40,41)37(31-22-28(34)17-16-25(31)2)23-32(38)36(21-20-27-10-6-4-7-11-27)26(3)33(39)35-29-12-8-5-9-13-29/h4,6-7,10-11,14-19,22,26,29H,5,8-9,12-13,20-21,23H2,1-3H3,(H,35,39)/t26-/m1/s1. The second-order valence-electron chi connectivity index (χ2n) is 11.1. The van der Waals surface area contributed by atoms with E-state index in [1.54, 1.807) is 44.2 Å². The highest BCUT2D eigenvalue weighted by molar-refractivity contribution is 7.92. The van der Waals surface area contributed by atoms with Gasteiger partial charge in [-0.2, -0.15) is 0 Å². The van der Waals surface area contributed by atoms with Crippen LogP contribution in [0.25, 0.3) is 0 Å². The Morgan fingerprint density at radius 3 is 2.29 bits per heavy atom. The zero-order valence-electron chi connectivity index (χ0n) is 24.6. The Morgan fingerprint density at radius 1 is 0.952 bits per heavy atom. The lowest BCUT2D eigenvalue weighted by Crippen LogP contribution is -2.53. The molecule has 4 rings (SSSR count). The molecule has 9 heteroatoms. The minimum atomic E-state index is -4.15. The number of benzene rings is 3. The summed E-state index contributed by atoms with van der Waals surface area (Å²) < 4.78 is 29.2. The quantitative estimate of drug-likeness (QED) is 0.286. The Hall–Kier alpha value is -3.36. The van der Waals surface area contributed by atoms with Crippen LogP contribution in [0, 0.1) is 13.8 Å². The molecule has 3 aromatic rings. The number of rotatable bonds is 11. The summed E-state index contributed by atoms with van der Waals surface area (Å²) in [5.74, 6) is -0.692. The van der Waals surface area contributed by atoms with Crippen LogP contribution >= 0.6 is 11.6 Å². The molecule has 0 aromatic heterocycles. The largest absolute Gasteiger partial charge is 0.352 e. The number of amides is 2. The Morgan fingerprint density at radius 2 is 1.62 bits per heavy atom. The SMILES string of the molecule is Cc1ccc(S(=O)(=O)N(CC(=O)N(CCc2ccccc2)[C@H](C)C(=O)NC2CCCCC2)c2cc(Cl)ccc2C)cc1. The van der Waals surface area contributed by atoms with Crippen LogP contribution < -0.4 is 9.62 Å². The summed E-state index contributed by atoms with van der Waals surface area (Å²) >= 11 is 6.31. The fraction of sp³-hybridized carbons (Fsp3) is 0.394. The van der Waals surface area contributed by atoms with Crippen LogP contribution in [0.15, 0.2) is 77.7 Å². The second-order valence-corrected chi connectivity index (χ2v) is 13.4. The van der Waals surface area contributed by atoms with Gasteiger partial charge >= 0.3 is 0 Å². The second kappa shape index (κ2) is 14.2. The summed E-state index contributed by atoms with van der Waals surface area (Å²) in [4.78, 5) is 29.1. The topological polar surface area (TPSA) is 86.8 Å². The molecule has 3 aromatic carbocycles. The molecule has 1 aliphatic rings. The molecule has 1 aliphatic carbocycles. The normalized spacial score (nSPS) is 14.7. The van der Waals surface area contributed by atoms with Gasteiger partial charge in [-0.25, -0.2) is 8.42 Å². The van der Waals surface area contributed by atoms with Crippen LogP contribution in [0.1, 0.15) is 55.7 Å². The maximum Gasteiger partial charge on any atom is 0.264 e. The van der Waals surface area contributed by atoms with Crippen LogP contribution in [0.2, 0.25) is 5.02 Å². The van der Waals surface area contributed by atoms with Crippen molar-refractivity contribution in [3.63, 3.8) is 0 Å². The summed E-state index contributed by atoms with van der Waals surface area (Å²) in [5.41, 5.74) is 2.91. The van der Waals surface area contributed by atoms with Gasteiger partial charge in [-0.05, 0) is 75.4 Å². The molecule has 0 unspecified atom stereocenters. The molecule has 1 fully saturated rings. The van der Waals surface area contributed by atoms with Crippen molar-refractivity contribution < 1.29 is 18.0 Å². The third kappa shape index (κ3) is 7.92. The fourth-order valence-electron chi connectivity index (χ4n) is 5.34. The van der Waals surface area contributed by atoms with Gasteiger partial charge in [0.05, 0.1) is 10.6 Å². The minimum absolute atomic E-state index is 0.0687. The molecule has 0 bridgehead atoms. The van der Waals surface area contributed by atoms with Crippen molar-refractivity contribution in [3.8, 4) is 0 Å². The number of anilines is 1. The van der Waals surface area contributed by atoms with Crippen LogP contribution in [0.4, 0.5) is 5.69 Å². The van der Waals surface area contributed by atoms with Crippen molar-refractivity contribution in [2.75, 3.05) is 17.4 Å². The molecule has 1 saturated carbocycles. The summed E-state index contributed by atoms with van der Waals surface area (Å²) in [6.07, 6.45) is 5.67. The third-order valence-corrected chi connectivity index (χ3v) is 9.94. The number of nitrogens with one attached hydrogen (secondary N) is 1. The Kier molecular flexibility index (Phi) is 10.7. The molecule has 0 aliphatic heterocycles. The Balaban J connectivity index is 1.67. The average Bonchev–Trinajstić information content (AvgIpc) is 2.98. The lowest BCUT2D eigenvalue weighted by molar-refractivity contribution is -0.139. The van der Waals surface area contributed by atoms with Gasteiger partial charge in [0, 0.05) is 17.6 Å². The molecule has 0 heterocycles. The number of aryl methyl sites for hydroxylation is 2. The van der Waals surface area contributed by atoms with Gasteiger partial charge in [-0.3, -0.25) is 13.9 Å². The van der Waals surface area contributed by atoms with Crippen LogP contribution in [-0.4, -0.2) is 50.3 Å². The first kappa shape index (κ1) is 31.6. The van der Waals surface area contributed by atoms with Crippen molar-refractivity contribution in [2.45, 2.75) is 76.3 Å². The van der Waals surface area contributed by atoms with E-state index in [0.29, 0.717) is 22.7 Å². The minimum Gasteiger partial charge on any atom is -0.352 e. The molecule has 7 nitrogen and oxygen atoms in total. The van der Waals surface area contributed by atoms with E-state index in [4.69, 9.17) is 11.6 Å². The van der Waals surface area contributed by atoms with Gasteiger partial charge in [-0.1, -0.05) is 85.0 Å². The zero-order valence-corrected chi connectivity index (χ0v) is 26.1. The summed E-state index contributed by atoms with van der Waals surface area (Å²) in [7, 11) is -4.15. The highest BCUT2D eigenvalue weighted by Gasteiger charge is 2.33. The molecule has 224 valence electrons. The van der Waals surface area contributed by atoms with E-state index < -0.39 is 28.5 Å². The fourth-order valence-corrected chi connectivity index (χ4v) is 6.98. The van der Waals surface area contributed by atoms with E-state index in [2.05, 4.69) is 5.32 Å². The lowest BCUT2D eigenvalue weighted by atomic mass is 9.95. The van der Waals surface area contributed by atoms with Gasteiger partial charge in [0.15, 0.2) is 0 Å². The lowest BCUT2D eigenvalue weighted by Gasteiger charge is -2.33. The molecule has 0 spiro atoms. The van der Waals surface area contributed by atoms with Crippen molar-refractivity contribution in [1.29, 1.82) is 0 Å². The number of hydrogen-bond acceptors (Lipinski definition) is 4. The number of nitrogens with zero attached hydrogens (tertiary/aromatic N) is 2. The highest BCUT2D eigenvalue weighted by Crippen LogP contribution is 2.30. The molecular formula is C33H40ClN3O4S. The molecule has 1 atom stereocenters. The van der Waals surface area contributed by atoms with Gasteiger partial charge in [-0.15, -0.1) is 0 Å². The smallest absolute Gasteiger partial charge is 0.264 e. The molecule has 2 amide bonds. The van der Waals surface area contributed by atoms with Crippen molar-refractivity contribution in [3.05, 3.63) is 94.5 Å². The van der Waals surface area contributed by atoms with Crippen LogP contribution in [0.5, 0.6) is 0 Å².